The summed E-state index contributed by atoms with van der Waals surface area (Å²) in [6, 6.07) is 12.7. The van der Waals surface area contributed by atoms with Gasteiger partial charge in [-0.2, -0.15) is 0 Å². The highest BCUT2D eigenvalue weighted by molar-refractivity contribution is 7.82. The Morgan fingerprint density at radius 2 is 1.18 bits per heavy atom. The van der Waals surface area contributed by atoms with Crippen molar-refractivity contribution < 1.29 is 0 Å². The van der Waals surface area contributed by atoms with E-state index in [0.29, 0.717) is 8.58 Å². The molecule has 0 saturated carbocycles. The summed E-state index contributed by atoms with van der Waals surface area (Å²) >= 11 is 9.04. The van der Waals surface area contributed by atoms with Crippen molar-refractivity contribution in [3.05, 3.63) is 47.5 Å². The quantitative estimate of drug-likeness (QED) is 0.609. The van der Waals surface area contributed by atoms with Crippen molar-refractivity contribution in [1.29, 1.82) is 0 Å². The Bertz CT molecular complexity index is 500. The first-order valence-corrected chi connectivity index (χ1v) is 7.32. The summed E-state index contributed by atoms with van der Waals surface area (Å²) < 4.78 is 0. The Kier molecular flexibility index (Phi) is 4.19. The van der Waals surface area contributed by atoms with Gasteiger partial charge in [0.2, 0.25) is 0 Å². The van der Waals surface area contributed by atoms with Gasteiger partial charge in [-0.25, -0.2) is 0 Å². The van der Waals surface area contributed by atoms with Gasteiger partial charge in [0.15, 0.2) is 0 Å². The summed E-state index contributed by atoms with van der Waals surface area (Å²) in [6.07, 6.45) is 0. The van der Waals surface area contributed by atoms with Crippen molar-refractivity contribution in [1.82, 2.24) is 0 Å². The van der Waals surface area contributed by atoms with Gasteiger partial charge in [-0.15, -0.1) is 25.3 Å². The lowest BCUT2D eigenvalue weighted by Gasteiger charge is -2.09. The molecule has 0 fully saturated rings. The summed E-state index contributed by atoms with van der Waals surface area (Å²) in [4.78, 5) is 2.12. The van der Waals surface area contributed by atoms with Gasteiger partial charge in [0.1, 0.15) is 0 Å². The second-order valence-corrected chi connectivity index (χ2v) is 6.46. The van der Waals surface area contributed by atoms with Gasteiger partial charge >= 0.3 is 0 Å². The van der Waals surface area contributed by atoms with Gasteiger partial charge in [-0.05, 0) is 36.6 Å². The van der Waals surface area contributed by atoms with Crippen molar-refractivity contribution in [3.63, 3.8) is 0 Å². The Hall–Kier alpha value is -0.430. The zero-order chi connectivity index (χ0) is 12.4. The maximum atomic E-state index is 4.52. The molecule has 0 aliphatic heterocycles. The van der Waals surface area contributed by atoms with Gasteiger partial charge in [-0.3, -0.25) is 0 Å². The van der Waals surface area contributed by atoms with Gasteiger partial charge in [0.05, 0.1) is 0 Å². The van der Waals surface area contributed by atoms with Crippen LogP contribution in [0.15, 0.2) is 46.2 Å². The fourth-order valence-corrected chi connectivity index (χ4v) is 3.57. The molecule has 0 aliphatic rings. The number of aryl methyl sites for hydroxylation is 2. The molecule has 0 aliphatic carbocycles. The van der Waals surface area contributed by atoms with Gasteiger partial charge in [-0.1, -0.05) is 44.0 Å². The maximum Gasteiger partial charge on any atom is 0.0118 e. The molecule has 0 spiro atoms. The van der Waals surface area contributed by atoms with E-state index in [-0.39, 0.29) is 0 Å². The number of hydrogen-bond donors (Lipinski definition) is 2. The second-order valence-electron chi connectivity index (χ2n) is 4.17. The largest absolute Gasteiger partial charge is 0.143 e. The number of hydrogen-bond acceptors (Lipinski definition) is 2. The molecule has 0 unspecified atom stereocenters. The van der Waals surface area contributed by atoms with Crippen LogP contribution in [-0.4, -0.2) is 0 Å². The van der Waals surface area contributed by atoms with Crippen LogP contribution in [0, 0.1) is 13.8 Å². The molecule has 0 N–H and O–H groups in total. The average Bonchev–Trinajstić information content (AvgIpc) is 2.28. The van der Waals surface area contributed by atoms with E-state index in [1.165, 1.54) is 21.7 Å². The molecule has 0 bridgehead atoms. The molecule has 17 heavy (non-hydrogen) atoms. The van der Waals surface area contributed by atoms with Crippen LogP contribution in [0.2, 0.25) is 0 Å². The van der Waals surface area contributed by atoms with Crippen LogP contribution in [0.4, 0.5) is 0 Å². The molecule has 0 radical (unpaired) electrons. The molecule has 0 atom stereocenters. The van der Waals surface area contributed by atoms with Crippen LogP contribution in [-0.2, 0) is 0 Å². The number of rotatable bonds is 2. The highest BCUT2D eigenvalue weighted by atomic mass is 32.1. The fourth-order valence-electron chi connectivity index (χ4n) is 1.65. The zero-order valence-electron chi connectivity index (χ0n) is 9.86. The molecule has 0 heterocycles. The zero-order valence-corrected chi connectivity index (χ0v) is 12.6. The lowest BCUT2D eigenvalue weighted by Crippen LogP contribution is -2.07. The molecule has 0 aromatic heterocycles. The van der Waals surface area contributed by atoms with E-state index in [0.717, 1.165) is 9.79 Å². The normalized spacial score (nSPS) is 10.6. The first kappa shape index (κ1) is 13.0. The van der Waals surface area contributed by atoms with Crippen LogP contribution >= 0.6 is 33.8 Å². The first-order valence-electron chi connectivity index (χ1n) is 5.42. The van der Waals surface area contributed by atoms with Gasteiger partial charge in [0, 0.05) is 9.79 Å². The first-order chi connectivity index (χ1) is 8.06. The van der Waals surface area contributed by atoms with Crippen LogP contribution in [0.3, 0.4) is 0 Å². The van der Waals surface area contributed by atoms with Gasteiger partial charge < -0.3 is 0 Å². The topological polar surface area (TPSA) is 0 Å². The van der Waals surface area contributed by atoms with E-state index < -0.39 is 0 Å². The number of thiol groups is 2. The Morgan fingerprint density at radius 3 is 1.59 bits per heavy atom. The minimum absolute atomic E-state index is 0.614. The highest BCUT2D eigenvalue weighted by Crippen LogP contribution is 2.21. The predicted molar refractivity (Wildman–Crippen MR) is 84.4 cm³/mol. The third-order valence-corrected chi connectivity index (χ3v) is 5.14. The van der Waals surface area contributed by atoms with Crippen molar-refractivity contribution in [2.75, 3.05) is 0 Å². The van der Waals surface area contributed by atoms with E-state index in [2.05, 4.69) is 75.5 Å². The van der Waals surface area contributed by atoms with E-state index >= 15 is 0 Å². The third-order valence-electron chi connectivity index (χ3n) is 2.57. The maximum absolute atomic E-state index is 4.52. The van der Waals surface area contributed by atoms with Crippen LogP contribution in [0.1, 0.15) is 11.1 Å². The van der Waals surface area contributed by atoms with Crippen LogP contribution in [0.5, 0.6) is 0 Å². The van der Waals surface area contributed by atoms with E-state index in [9.17, 15) is 0 Å². The van der Waals surface area contributed by atoms with Gasteiger partial charge in [0.25, 0.3) is 0 Å². The molecule has 2 rings (SSSR count). The van der Waals surface area contributed by atoms with Crippen molar-refractivity contribution in [2.24, 2.45) is 0 Å². The molecule has 3 heteroatoms. The standard InChI is InChI=1S/C14H15PS2/c1-9-3-5-13(16)11(7-9)15-12-8-10(2)4-6-14(12)17/h3-8,15-17H,1-2H3. The van der Waals surface area contributed by atoms with Crippen molar-refractivity contribution in [3.8, 4) is 0 Å². The van der Waals surface area contributed by atoms with E-state index in [4.69, 9.17) is 0 Å². The summed E-state index contributed by atoms with van der Waals surface area (Å²) in [6.45, 7) is 4.22. The second kappa shape index (κ2) is 5.48. The molecule has 88 valence electrons. The summed E-state index contributed by atoms with van der Waals surface area (Å²) in [7, 11) is 0.614. The summed E-state index contributed by atoms with van der Waals surface area (Å²) in [5, 5.41) is 2.57. The molecular formula is C14H15PS2. The van der Waals surface area contributed by atoms with E-state index in [1.54, 1.807) is 0 Å². The van der Waals surface area contributed by atoms with Crippen LogP contribution in [0.25, 0.3) is 0 Å². The smallest absolute Gasteiger partial charge is 0.0118 e. The molecule has 2 aromatic carbocycles. The molecule has 2 aromatic rings. The fraction of sp³-hybridized carbons (Fsp3) is 0.143. The average molecular weight is 278 g/mol. The van der Waals surface area contributed by atoms with Crippen molar-refractivity contribution >= 4 is 44.4 Å². The third kappa shape index (κ3) is 3.28. The van der Waals surface area contributed by atoms with Crippen molar-refractivity contribution in [2.45, 2.75) is 23.6 Å². The molecule has 0 nitrogen and oxygen atoms in total. The monoisotopic (exact) mass is 278 g/mol. The van der Waals surface area contributed by atoms with E-state index in [1.807, 2.05) is 0 Å². The summed E-state index contributed by atoms with van der Waals surface area (Å²) in [5.74, 6) is 0. The molecular weight excluding hydrogens is 263 g/mol. The summed E-state index contributed by atoms with van der Waals surface area (Å²) in [5.41, 5.74) is 2.55. The number of benzene rings is 2. The molecule has 0 amide bonds. The van der Waals surface area contributed by atoms with Crippen LogP contribution < -0.4 is 10.6 Å². The lowest BCUT2D eigenvalue weighted by atomic mass is 10.2. The minimum Gasteiger partial charge on any atom is -0.143 e. The lowest BCUT2D eigenvalue weighted by molar-refractivity contribution is 1.42. The Morgan fingerprint density at radius 1 is 0.765 bits per heavy atom. The Balaban J connectivity index is 2.37. The molecule has 0 saturated heterocycles. The Labute approximate surface area is 115 Å². The predicted octanol–water partition coefficient (Wildman–Crippen LogP) is 3.51. The SMILES string of the molecule is Cc1ccc(S)c(Pc2cc(C)ccc2S)c1. The highest BCUT2D eigenvalue weighted by Gasteiger charge is 2.04. The minimum atomic E-state index is 0.614.